The van der Waals surface area contributed by atoms with Gasteiger partial charge in [-0.15, -0.1) is 0 Å². The highest BCUT2D eigenvalue weighted by atomic mass is 16.5. The Hall–Kier alpha value is -2.16. The van der Waals surface area contributed by atoms with E-state index in [-0.39, 0.29) is 0 Å². The highest BCUT2D eigenvalue weighted by Crippen LogP contribution is 2.21. The number of nitrogen functional groups attached to an aromatic ring is 1. The normalized spacial score (nSPS) is 10.1. The fourth-order valence-corrected chi connectivity index (χ4v) is 1.62. The summed E-state index contributed by atoms with van der Waals surface area (Å²) in [6.07, 6.45) is 0. The Labute approximate surface area is 107 Å². The molecule has 2 N–H and O–H groups in total. The van der Waals surface area contributed by atoms with Gasteiger partial charge in [-0.05, 0) is 36.8 Å². The van der Waals surface area contributed by atoms with Gasteiger partial charge in [0.15, 0.2) is 0 Å². The van der Waals surface area contributed by atoms with E-state index in [2.05, 4.69) is 0 Å². The van der Waals surface area contributed by atoms with Gasteiger partial charge in [0.2, 0.25) is 0 Å². The van der Waals surface area contributed by atoms with Crippen molar-refractivity contribution in [1.82, 2.24) is 0 Å². The summed E-state index contributed by atoms with van der Waals surface area (Å²) in [5.41, 5.74) is 7.54. The first-order chi connectivity index (χ1) is 8.79. The third kappa shape index (κ3) is 3.17. The van der Waals surface area contributed by atoms with Crippen molar-refractivity contribution >= 4 is 5.69 Å². The van der Waals surface area contributed by atoms with Gasteiger partial charge in [0.05, 0.1) is 12.3 Å². The zero-order valence-corrected chi connectivity index (χ0v) is 10.4. The summed E-state index contributed by atoms with van der Waals surface area (Å²) in [6.45, 7) is 3.15. The average molecular weight is 243 g/mol. The molecule has 0 saturated carbocycles. The Morgan fingerprint density at radius 2 is 1.67 bits per heavy atom. The average Bonchev–Trinajstić information content (AvgIpc) is 2.40. The number of rotatable bonds is 5. The first-order valence-electron chi connectivity index (χ1n) is 5.98. The first-order valence-corrected chi connectivity index (χ1v) is 5.98. The zero-order valence-electron chi connectivity index (χ0n) is 10.4. The van der Waals surface area contributed by atoms with Gasteiger partial charge in [-0.2, -0.15) is 0 Å². The Balaban J connectivity index is 1.96. The first kappa shape index (κ1) is 12.3. The van der Waals surface area contributed by atoms with Crippen molar-refractivity contribution in [3.63, 3.8) is 0 Å². The summed E-state index contributed by atoms with van der Waals surface area (Å²) >= 11 is 0. The molecule has 0 spiro atoms. The van der Waals surface area contributed by atoms with Crippen LogP contribution in [0.4, 0.5) is 5.69 Å². The third-order valence-electron chi connectivity index (χ3n) is 2.55. The zero-order chi connectivity index (χ0) is 12.8. The minimum absolute atomic E-state index is 0.501. The van der Waals surface area contributed by atoms with E-state index in [9.17, 15) is 0 Å². The lowest BCUT2D eigenvalue weighted by Crippen LogP contribution is -1.98. The maximum Gasteiger partial charge on any atom is 0.142 e. The molecule has 0 radical (unpaired) electrons. The lowest BCUT2D eigenvalue weighted by atomic mass is 10.2. The smallest absolute Gasteiger partial charge is 0.142 e. The Morgan fingerprint density at radius 3 is 2.33 bits per heavy atom. The molecule has 2 aromatic carbocycles. The van der Waals surface area contributed by atoms with Gasteiger partial charge >= 0.3 is 0 Å². The lowest BCUT2D eigenvalue weighted by Gasteiger charge is -2.09. The maximum absolute atomic E-state index is 5.80. The summed E-state index contributed by atoms with van der Waals surface area (Å²) in [4.78, 5) is 0. The van der Waals surface area contributed by atoms with Gasteiger partial charge < -0.3 is 15.2 Å². The van der Waals surface area contributed by atoms with Gasteiger partial charge in [0.25, 0.3) is 0 Å². The number of hydrogen-bond donors (Lipinski definition) is 1. The molecule has 0 heterocycles. The summed E-state index contributed by atoms with van der Waals surface area (Å²) in [6, 6.07) is 15.3. The van der Waals surface area contributed by atoms with E-state index in [4.69, 9.17) is 15.2 Å². The number of nitrogens with two attached hydrogens (primary N) is 1. The fourth-order valence-electron chi connectivity index (χ4n) is 1.62. The topological polar surface area (TPSA) is 44.5 Å². The van der Waals surface area contributed by atoms with Crippen LogP contribution in [0.25, 0.3) is 0 Å². The quantitative estimate of drug-likeness (QED) is 0.820. The Bertz CT molecular complexity index is 494. The molecule has 94 valence electrons. The summed E-state index contributed by atoms with van der Waals surface area (Å²) in [5.74, 6) is 1.59. The van der Waals surface area contributed by atoms with E-state index in [1.165, 1.54) is 0 Å². The molecule has 2 aromatic rings. The molecule has 0 fully saturated rings. The summed E-state index contributed by atoms with van der Waals surface area (Å²) < 4.78 is 11.0. The Morgan fingerprint density at radius 1 is 0.944 bits per heavy atom. The molecule has 0 aromatic heterocycles. The van der Waals surface area contributed by atoms with Crippen LogP contribution in [0.1, 0.15) is 12.5 Å². The number of anilines is 1. The molecule has 0 unspecified atom stereocenters. The van der Waals surface area contributed by atoms with Crippen LogP contribution in [0.5, 0.6) is 11.5 Å². The molecule has 2 rings (SSSR count). The molecule has 18 heavy (non-hydrogen) atoms. The van der Waals surface area contributed by atoms with Crippen LogP contribution in [-0.2, 0) is 6.61 Å². The van der Waals surface area contributed by atoms with Crippen LogP contribution >= 0.6 is 0 Å². The van der Waals surface area contributed by atoms with Crippen LogP contribution < -0.4 is 15.2 Å². The van der Waals surface area contributed by atoms with Crippen molar-refractivity contribution in [1.29, 1.82) is 0 Å². The third-order valence-corrected chi connectivity index (χ3v) is 2.55. The van der Waals surface area contributed by atoms with E-state index in [0.717, 1.165) is 11.3 Å². The number of benzene rings is 2. The van der Waals surface area contributed by atoms with Crippen molar-refractivity contribution in [3.8, 4) is 11.5 Å². The van der Waals surface area contributed by atoms with Crippen LogP contribution in [0, 0.1) is 0 Å². The molecule has 3 heteroatoms. The van der Waals surface area contributed by atoms with Crippen LogP contribution in [0.2, 0.25) is 0 Å². The molecule has 3 nitrogen and oxygen atoms in total. The second kappa shape index (κ2) is 5.96. The fraction of sp³-hybridized carbons (Fsp3) is 0.200. The van der Waals surface area contributed by atoms with Crippen molar-refractivity contribution < 1.29 is 9.47 Å². The van der Waals surface area contributed by atoms with E-state index < -0.39 is 0 Å². The molecule has 0 aliphatic heterocycles. The molecular formula is C15H17NO2. The van der Waals surface area contributed by atoms with Gasteiger partial charge in [-0.1, -0.05) is 24.3 Å². The monoisotopic (exact) mass is 243 g/mol. The van der Waals surface area contributed by atoms with Crippen molar-refractivity contribution in [3.05, 3.63) is 54.1 Å². The summed E-state index contributed by atoms with van der Waals surface area (Å²) in [7, 11) is 0. The van der Waals surface area contributed by atoms with Crippen LogP contribution in [0.15, 0.2) is 48.5 Å². The van der Waals surface area contributed by atoms with Gasteiger partial charge in [-0.3, -0.25) is 0 Å². The standard InChI is InChI=1S/C15H17NO2/c1-2-17-13-9-7-12(8-10-13)11-18-15-6-4-3-5-14(15)16/h3-10H,2,11,16H2,1H3. The minimum Gasteiger partial charge on any atom is -0.494 e. The van der Waals surface area contributed by atoms with Gasteiger partial charge in [-0.25, -0.2) is 0 Å². The predicted molar refractivity (Wildman–Crippen MR) is 72.8 cm³/mol. The van der Waals surface area contributed by atoms with Gasteiger partial charge in [0, 0.05) is 0 Å². The van der Waals surface area contributed by atoms with Crippen molar-refractivity contribution in [2.45, 2.75) is 13.5 Å². The van der Waals surface area contributed by atoms with E-state index >= 15 is 0 Å². The second-order valence-electron chi connectivity index (χ2n) is 3.90. The highest BCUT2D eigenvalue weighted by molar-refractivity contribution is 5.51. The molecule has 0 bridgehead atoms. The Kier molecular flexibility index (Phi) is 4.07. The molecule has 0 atom stereocenters. The SMILES string of the molecule is CCOc1ccc(COc2ccccc2N)cc1. The van der Waals surface area contributed by atoms with Crippen molar-refractivity contribution in [2.75, 3.05) is 12.3 Å². The minimum atomic E-state index is 0.501. The van der Waals surface area contributed by atoms with Crippen LogP contribution in [0.3, 0.4) is 0 Å². The van der Waals surface area contributed by atoms with E-state index in [1.54, 1.807) is 0 Å². The van der Waals surface area contributed by atoms with Crippen LogP contribution in [-0.4, -0.2) is 6.61 Å². The number of para-hydroxylation sites is 2. The largest absolute Gasteiger partial charge is 0.494 e. The number of ether oxygens (including phenoxy) is 2. The maximum atomic E-state index is 5.80. The molecule has 0 amide bonds. The lowest BCUT2D eigenvalue weighted by molar-refractivity contribution is 0.307. The second-order valence-corrected chi connectivity index (χ2v) is 3.90. The van der Waals surface area contributed by atoms with E-state index in [0.29, 0.717) is 24.7 Å². The predicted octanol–water partition coefficient (Wildman–Crippen LogP) is 3.25. The van der Waals surface area contributed by atoms with E-state index in [1.807, 2.05) is 55.5 Å². The molecule has 0 aliphatic rings. The number of hydrogen-bond acceptors (Lipinski definition) is 3. The molecule has 0 saturated heterocycles. The highest BCUT2D eigenvalue weighted by Gasteiger charge is 2.00. The summed E-state index contributed by atoms with van der Waals surface area (Å²) in [5, 5.41) is 0. The van der Waals surface area contributed by atoms with Crippen molar-refractivity contribution in [2.24, 2.45) is 0 Å². The van der Waals surface area contributed by atoms with Gasteiger partial charge in [0.1, 0.15) is 18.1 Å². The molecular weight excluding hydrogens is 226 g/mol. The molecule has 0 aliphatic carbocycles.